The van der Waals surface area contributed by atoms with E-state index in [1.54, 1.807) is 0 Å². The Balaban J connectivity index is 0.00000729. The number of aliphatic imine (C=N–C) groups is 1. The van der Waals surface area contributed by atoms with E-state index >= 15 is 0 Å². The van der Waals surface area contributed by atoms with Crippen LogP contribution >= 0.6 is 24.0 Å². The topological polar surface area (TPSA) is 78.6 Å². The third kappa shape index (κ3) is 11.2. The smallest absolute Gasteiger partial charge is 0.226 e. The van der Waals surface area contributed by atoms with Crippen molar-refractivity contribution in [3.05, 3.63) is 11.7 Å². The largest absolute Gasteiger partial charge is 0.357 e. The van der Waals surface area contributed by atoms with Gasteiger partial charge in [-0.05, 0) is 52.7 Å². The predicted octanol–water partition coefficient (Wildman–Crippen LogP) is 3.81. The van der Waals surface area contributed by atoms with Gasteiger partial charge in [-0.1, -0.05) is 32.9 Å². The van der Waals surface area contributed by atoms with Crippen molar-refractivity contribution in [2.45, 2.75) is 79.2 Å². The van der Waals surface area contributed by atoms with Crippen molar-refractivity contribution >= 4 is 29.9 Å². The molecule has 7 nitrogen and oxygen atoms in total. The summed E-state index contributed by atoms with van der Waals surface area (Å²) in [5, 5.41) is 10.8. The minimum absolute atomic E-state index is 0. The number of hydrogen-bond acceptors (Lipinski definition) is 5. The fraction of sp³-hybridized carbons (Fsp3) is 0.850. The number of aryl methyl sites for hydroxylation is 1. The molecule has 2 N–H and O–H groups in total. The molecule has 0 radical (unpaired) electrons. The Morgan fingerprint density at radius 2 is 1.86 bits per heavy atom. The molecule has 0 aliphatic rings. The van der Waals surface area contributed by atoms with Crippen LogP contribution in [-0.4, -0.2) is 59.8 Å². The molecule has 164 valence electrons. The summed E-state index contributed by atoms with van der Waals surface area (Å²) in [6.07, 6.45) is 4.00. The lowest BCUT2D eigenvalue weighted by Crippen LogP contribution is -2.42. The molecule has 8 heteroatoms. The molecule has 0 bridgehead atoms. The van der Waals surface area contributed by atoms with Crippen LogP contribution in [0.2, 0.25) is 0 Å². The Hall–Kier alpha value is -0.900. The van der Waals surface area contributed by atoms with Crippen LogP contribution in [0.3, 0.4) is 0 Å². The van der Waals surface area contributed by atoms with E-state index in [-0.39, 0.29) is 24.0 Å². The first-order valence-electron chi connectivity index (χ1n) is 10.6. The van der Waals surface area contributed by atoms with Crippen molar-refractivity contribution in [3.8, 4) is 0 Å². The molecule has 0 aromatic carbocycles. The van der Waals surface area contributed by atoms with Crippen LogP contribution in [0.1, 0.15) is 78.4 Å². The molecule has 0 amide bonds. The highest BCUT2D eigenvalue weighted by molar-refractivity contribution is 14.0. The van der Waals surface area contributed by atoms with Gasteiger partial charge in [0.15, 0.2) is 11.8 Å². The number of hydrogen-bond donors (Lipinski definition) is 2. The van der Waals surface area contributed by atoms with Crippen molar-refractivity contribution in [3.63, 3.8) is 0 Å². The Morgan fingerprint density at radius 3 is 2.43 bits per heavy atom. The second kappa shape index (κ2) is 16.0. The van der Waals surface area contributed by atoms with Gasteiger partial charge in [0.2, 0.25) is 5.89 Å². The predicted molar refractivity (Wildman–Crippen MR) is 128 cm³/mol. The highest BCUT2D eigenvalue weighted by atomic mass is 127. The number of aromatic nitrogens is 2. The molecule has 0 saturated heterocycles. The van der Waals surface area contributed by atoms with Crippen LogP contribution in [0.5, 0.6) is 0 Å². The van der Waals surface area contributed by atoms with E-state index in [1.807, 2.05) is 0 Å². The van der Waals surface area contributed by atoms with E-state index in [0.29, 0.717) is 17.9 Å². The zero-order valence-corrected chi connectivity index (χ0v) is 21.0. The highest BCUT2D eigenvalue weighted by Crippen LogP contribution is 2.10. The second-order valence-electron chi connectivity index (χ2n) is 7.28. The SMILES string of the molecule is CCNC(=NCCCc1nc(C(C)C)no1)NC(C)CCCN(CC)CC.I. The van der Waals surface area contributed by atoms with Crippen molar-refractivity contribution in [1.29, 1.82) is 0 Å². The van der Waals surface area contributed by atoms with Crippen molar-refractivity contribution in [1.82, 2.24) is 25.7 Å². The molecular formula is C20H41IN6O. The van der Waals surface area contributed by atoms with Crippen LogP contribution in [0.4, 0.5) is 0 Å². The molecule has 1 aromatic rings. The molecule has 28 heavy (non-hydrogen) atoms. The molecule has 0 aliphatic carbocycles. The summed E-state index contributed by atoms with van der Waals surface area (Å²) in [5.74, 6) is 2.67. The molecule has 1 unspecified atom stereocenters. The highest BCUT2D eigenvalue weighted by Gasteiger charge is 2.09. The maximum atomic E-state index is 5.28. The maximum Gasteiger partial charge on any atom is 0.226 e. The lowest BCUT2D eigenvalue weighted by molar-refractivity contribution is 0.292. The van der Waals surface area contributed by atoms with Gasteiger partial charge in [-0.15, -0.1) is 24.0 Å². The first-order valence-corrected chi connectivity index (χ1v) is 10.6. The Labute approximate surface area is 188 Å². The van der Waals surface area contributed by atoms with E-state index in [9.17, 15) is 0 Å². The van der Waals surface area contributed by atoms with Crippen LogP contribution < -0.4 is 10.6 Å². The summed E-state index contributed by atoms with van der Waals surface area (Å²) >= 11 is 0. The summed E-state index contributed by atoms with van der Waals surface area (Å²) < 4.78 is 5.28. The van der Waals surface area contributed by atoms with Gasteiger partial charge in [0.25, 0.3) is 0 Å². The Kier molecular flexibility index (Phi) is 15.4. The van der Waals surface area contributed by atoms with E-state index in [4.69, 9.17) is 4.52 Å². The lowest BCUT2D eigenvalue weighted by atomic mass is 10.2. The molecule has 0 aliphatic heterocycles. The minimum atomic E-state index is 0. The van der Waals surface area contributed by atoms with E-state index in [2.05, 4.69) is 72.2 Å². The Morgan fingerprint density at radius 1 is 1.14 bits per heavy atom. The van der Waals surface area contributed by atoms with Gasteiger partial charge in [-0.2, -0.15) is 4.98 Å². The van der Waals surface area contributed by atoms with Crippen molar-refractivity contribution < 1.29 is 4.52 Å². The quantitative estimate of drug-likeness (QED) is 0.183. The van der Waals surface area contributed by atoms with Gasteiger partial charge in [-0.25, -0.2) is 0 Å². The number of nitrogens with zero attached hydrogens (tertiary/aromatic N) is 4. The fourth-order valence-corrected chi connectivity index (χ4v) is 2.81. The van der Waals surface area contributed by atoms with E-state index < -0.39 is 0 Å². The van der Waals surface area contributed by atoms with Gasteiger partial charge in [0, 0.05) is 31.5 Å². The zero-order valence-electron chi connectivity index (χ0n) is 18.6. The van der Waals surface area contributed by atoms with Crippen LogP contribution in [0.25, 0.3) is 0 Å². The average Bonchev–Trinajstić information content (AvgIpc) is 3.12. The third-order valence-electron chi connectivity index (χ3n) is 4.55. The van der Waals surface area contributed by atoms with Gasteiger partial charge in [0.1, 0.15) is 0 Å². The summed E-state index contributed by atoms with van der Waals surface area (Å²) in [5.41, 5.74) is 0. The molecule has 1 rings (SSSR count). The first kappa shape index (κ1) is 27.1. The normalized spacial score (nSPS) is 12.9. The van der Waals surface area contributed by atoms with Gasteiger partial charge in [0.05, 0.1) is 0 Å². The van der Waals surface area contributed by atoms with Crippen LogP contribution in [-0.2, 0) is 6.42 Å². The summed E-state index contributed by atoms with van der Waals surface area (Å²) in [6, 6.07) is 0.405. The molecule has 0 fully saturated rings. The van der Waals surface area contributed by atoms with Gasteiger partial charge >= 0.3 is 0 Å². The molecule has 0 spiro atoms. The van der Waals surface area contributed by atoms with Crippen LogP contribution in [0, 0.1) is 0 Å². The van der Waals surface area contributed by atoms with Gasteiger partial charge < -0.3 is 20.1 Å². The third-order valence-corrected chi connectivity index (χ3v) is 4.55. The van der Waals surface area contributed by atoms with Crippen LogP contribution in [0.15, 0.2) is 9.52 Å². The zero-order chi connectivity index (χ0) is 20.1. The van der Waals surface area contributed by atoms with Crippen molar-refractivity contribution in [2.75, 3.05) is 32.7 Å². The average molecular weight is 508 g/mol. The summed E-state index contributed by atoms with van der Waals surface area (Å²) in [7, 11) is 0. The molecular weight excluding hydrogens is 467 g/mol. The number of rotatable bonds is 13. The maximum absolute atomic E-state index is 5.28. The minimum Gasteiger partial charge on any atom is -0.357 e. The molecule has 1 atom stereocenters. The van der Waals surface area contributed by atoms with E-state index in [0.717, 1.165) is 63.8 Å². The first-order chi connectivity index (χ1) is 13.0. The standard InChI is InChI=1S/C20H40N6O.HI/c1-7-21-20(23-17(6)12-11-15-26(8-2)9-3)22-14-10-13-18-24-19(16(4)5)25-27-18;/h16-17H,7-15H2,1-6H3,(H2,21,22,23);1H. The molecule has 1 aromatic heterocycles. The monoisotopic (exact) mass is 508 g/mol. The summed E-state index contributed by atoms with van der Waals surface area (Å²) in [4.78, 5) is 11.6. The van der Waals surface area contributed by atoms with Gasteiger partial charge in [-0.3, -0.25) is 4.99 Å². The lowest BCUT2D eigenvalue weighted by Gasteiger charge is -2.21. The number of nitrogens with one attached hydrogen (secondary N) is 2. The second-order valence-corrected chi connectivity index (χ2v) is 7.28. The molecule has 1 heterocycles. The Bertz CT molecular complexity index is 531. The fourth-order valence-electron chi connectivity index (χ4n) is 2.81. The van der Waals surface area contributed by atoms with Crippen molar-refractivity contribution in [2.24, 2.45) is 4.99 Å². The number of halogens is 1. The number of guanidine groups is 1. The summed E-state index contributed by atoms with van der Waals surface area (Å²) in [6.45, 7) is 17.9. The van der Waals surface area contributed by atoms with E-state index in [1.165, 1.54) is 6.42 Å². The molecule has 0 saturated carbocycles.